The van der Waals surface area contributed by atoms with Gasteiger partial charge in [0.2, 0.25) is 0 Å². The topological polar surface area (TPSA) is 44.5 Å². The third-order valence-corrected chi connectivity index (χ3v) is 3.30. The quantitative estimate of drug-likeness (QED) is 0.834. The predicted molar refractivity (Wildman–Crippen MR) is 65.6 cm³/mol. The smallest absolute Gasteiger partial charge is 0.123 e. The Morgan fingerprint density at radius 1 is 1.31 bits per heavy atom. The summed E-state index contributed by atoms with van der Waals surface area (Å²) in [5.74, 6) is 0.812. The van der Waals surface area contributed by atoms with Crippen LogP contribution in [-0.4, -0.2) is 19.8 Å². The van der Waals surface area contributed by atoms with Crippen molar-refractivity contribution in [1.29, 1.82) is 0 Å². The van der Waals surface area contributed by atoms with E-state index in [-0.39, 0.29) is 11.6 Å². The molecule has 0 spiro atoms. The van der Waals surface area contributed by atoms with E-state index in [4.69, 9.17) is 15.2 Å². The molecular formula is C13H21NO2. The van der Waals surface area contributed by atoms with Crippen LogP contribution in [0.25, 0.3) is 0 Å². The summed E-state index contributed by atoms with van der Waals surface area (Å²) < 4.78 is 10.8. The monoisotopic (exact) mass is 223 g/mol. The van der Waals surface area contributed by atoms with Crippen LogP contribution in [-0.2, 0) is 4.74 Å². The van der Waals surface area contributed by atoms with E-state index in [1.54, 1.807) is 14.2 Å². The van der Waals surface area contributed by atoms with Gasteiger partial charge in [-0.2, -0.15) is 0 Å². The van der Waals surface area contributed by atoms with Crippen LogP contribution in [0.1, 0.15) is 31.9 Å². The molecule has 1 aromatic carbocycles. The molecule has 1 aromatic rings. The Morgan fingerprint density at radius 2 is 1.94 bits per heavy atom. The summed E-state index contributed by atoms with van der Waals surface area (Å²) in [6, 6.07) is 7.60. The zero-order chi connectivity index (χ0) is 12.2. The van der Waals surface area contributed by atoms with Gasteiger partial charge in [0.05, 0.1) is 18.8 Å². The molecule has 0 aliphatic rings. The Balaban J connectivity index is 3.08. The maximum absolute atomic E-state index is 6.27. The first-order chi connectivity index (χ1) is 7.59. The fourth-order valence-electron chi connectivity index (χ4n) is 1.74. The fraction of sp³-hybridized carbons (Fsp3) is 0.538. The molecule has 0 aliphatic carbocycles. The molecule has 2 N–H and O–H groups in total. The molecule has 2 atom stereocenters. The molecule has 16 heavy (non-hydrogen) atoms. The van der Waals surface area contributed by atoms with Gasteiger partial charge >= 0.3 is 0 Å². The van der Waals surface area contributed by atoms with Gasteiger partial charge in [-0.1, -0.05) is 25.1 Å². The molecule has 1 rings (SSSR count). The third kappa shape index (κ3) is 2.36. The van der Waals surface area contributed by atoms with Crippen molar-refractivity contribution in [3.8, 4) is 5.75 Å². The molecule has 0 aliphatic heterocycles. The van der Waals surface area contributed by atoms with Gasteiger partial charge < -0.3 is 15.2 Å². The number of ether oxygens (including phenoxy) is 2. The number of hydrogen-bond donors (Lipinski definition) is 1. The number of benzene rings is 1. The van der Waals surface area contributed by atoms with Gasteiger partial charge in [0.15, 0.2) is 0 Å². The van der Waals surface area contributed by atoms with Crippen LogP contribution in [0, 0.1) is 0 Å². The molecule has 0 saturated carbocycles. The largest absolute Gasteiger partial charge is 0.496 e. The standard InChI is InChI=1S/C13H21NO2/c1-5-13(2,16-4)12(14)10-8-6-7-9-11(10)15-3/h6-9,12H,5,14H2,1-4H3. The van der Waals surface area contributed by atoms with Crippen molar-refractivity contribution in [3.05, 3.63) is 29.8 Å². The first kappa shape index (κ1) is 13.0. The van der Waals surface area contributed by atoms with Crippen LogP contribution in [0.4, 0.5) is 0 Å². The first-order valence-corrected chi connectivity index (χ1v) is 5.52. The van der Waals surface area contributed by atoms with Gasteiger partial charge in [0.25, 0.3) is 0 Å². The normalized spacial score (nSPS) is 16.6. The Labute approximate surface area is 97.6 Å². The minimum Gasteiger partial charge on any atom is -0.496 e. The van der Waals surface area contributed by atoms with Crippen molar-refractivity contribution in [2.45, 2.75) is 31.9 Å². The summed E-state index contributed by atoms with van der Waals surface area (Å²) in [6.45, 7) is 4.09. The number of methoxy groups -OCH3 is 2. The number of para-hydroxylation sites is 1. The third-order valence-electron chi connectivity index (χ3n) is 3.30. The summed E-state index contributed by atoms with van der Waals surface area (Å²) in [4.78, 5) is 0. The van der Waals surface area contributed by atoms with Gasteiger partial charge in [-0.05, 0) is 19.4 Å². The van der Waals surface area contributed by atoms with E-state index in [1.807, 2.05) is 31.2 Å². The molecule has 0 amide bonds. The van der Waals surface area contributed by atoms with Gasteiger partial charge in [-0.3, -0.25) is 0 Å². The van der Waals surface area contributed by atoms with E-state index < -0.39 is 0 Å². The van der Waals surface area contributed by atoms with E-state index >= 15 is 0 Å². The van der Waals surface area contributed by atoms with E-state index in [9.17, 15) is 0 Å². The summed E-state index contributed by atoms with van der Waals surface area (Å²) in [5, 5.41) is 0. The van der Waals surface area contributed by atoms with E-state index in [0.717, 1.165) is 17.7 Å². The molecule has 2 unspecified atom stereocenters. The van der Waals surface area contributed by atoms with Crippen molar-refractivity contribution < 1.29 is 9.47 Å². The van der Waals surface area contributed by atoms with Crippen molar-refractivity contribution in [3.63, 3.8) is 0 Å². The van der Waals surface area contributed by atoms with Crippen molar-refractivity contribution in [2.75, 3.05) is 14.2 Å². The molecule has 0 heterocycles. The Kier molecular flexibility index (Phi) is 4.33. The first-order valence-electron chi connectivity index (χ1n) is 5.52. The molecule has 0 fully saturated rings. The zero-order valence-corrected chi connectivity index (χ0v) is 10.5. The molecule has 0 bridgehead atoms. The van der Waals surface area contributed by atoms with E-state index in [1.165, 1.54) is 0 Å². The predicted octanol–water partition coefficient (Wildman–Crippen LogP) is 2.51. The summed E-state index contributed by atoms with van der Waals surface area (Å²) in [7, 11) is 3.35. The maximum atomic E-state index is 6.27. The fourth-order valence-corrected chi connectivity index (χ4v) is 1.74. The highest BCUT2D eigenvalue weighted by atomic mass is 16.5. The lowest BCUT2D eigenvalue weighted by Gasteiger charge is -2.34. The van der Waals surface area contributed by atoms with Gasteiger partial charge in [-0.25, -0.2) is 0 Å². The van der Waals surface area contributed by atoms with E-state index in [2.05, 4.69) is 6.92 Å². The van der Waals surface area contributed by atoms with Crippen LogP contribution in [0.3, 0.4) is 0 Å². The second kappa shape index (κ2) is 5.32. The second-order valence-corrected chi connectivity index (χ2v) is 4.09. The Hall–Kier alpha value is -1.06. The number of nitrogens with two attached hydrogens (primary N) is 1. The van der Waals surface area contributed by atoms with Crippen LogP contribution >= 0.6 is 0 Å². The minimum absolute atomic E-state index is 0.196. The van der Waals surface area contributed by atoms with Crippen molar-refractivity contribution in [2.24, 2.45) is 5.73 Å². The highest BCUT2D eigenvalue weighted by Gasteiger charge is 2.32. The molecule has 0 radical (unpaired) electrons. The zero-order valence-electron chi connectivity index (χ0n) is 10.5. The average Bonchev–Trinajstić information content (AvgIpc) is 2.36. The number of rotatable bonds is 5. The number of hydrogen-bond acceptors (Lipinski definition) is 3. The van der Waals surface area contributed by atoms with Crippen LogP contribution in [0.2, 0.25) is 0 Å². The lowest BCUT2D eigenvalue weighted by atomic mass is 9.88. The molecule has 90 valence electrons. The Bertz CT molecular complexity index is 334. The minimum atomic E-state index is -0.366. The average molecular weight is 223 g/mol. The Morgan fingerprint density at radius 3 is 2.44 bits per heavy atom. The maximum Gasteiger partial charge on any atom is 0.123 e. The highest BCUT2D eigenvalue weighted by molar-refractivity contribution is 5.37. The van der Waals surface area contributed by atoms with Gasteiger partial charge in [-0.15, -0.1) is 0 Å². The van der Waals surface area contributed by atoms with Gasteiger partial charge in [0, 0.05) is 12.7 Å². The summed E-state index contributed by atoms with van der Waals surface area (Å²) >= 11 is 0. The van der Waals surface area contributed by atoms with Crippen LogP contribution in [0.5, 0.6) is 5.75 Å². The second-order valence-electron chi connectivity index (χ2n) is 4.09. The summed E-state index contributed by atoms with van der Waals surface area (Å²) in [5.41, 5.74) is 6.88. The SMILES string of the molecule is CCC(C)(OC)C(N)c1ccccc1OC. The van der Waals surface area contributed by atoms with Crippen LogP contribution in [0.15, 0.2) is 24.3 Å². The van der Waals surface area contributed by atoms with E-state index in [0.29, 0.717) is 0 Å². The van der Waals surface area contributed by atoms with Crippen LogP contribution < -0.4 is 10.5 Å². The highest BCUT2D eigenvalue weighted by Crippen LogP contribution is 2.34. The molecule has 3 heteroatoms. The van der Waals surface area contributed by atoms with Crippen molar-refractivity contribution >= 4 is 0 Å². The van der Waals surface area contributed by atoms with Crippen molar-refractivity contribution in [1.82, 2.24) is 0 Å². The molecular weight excluding hydrogens is 202 g/mol. The molecule has 3 nitrogen and oxygen atoms in total. The molecule has 0 saturated heterocycles. The molecule has 0 aromatic heterocycles. The lowest BCUT2D eigenvalue weighted by Crippen LogP contribution is -2.39. The van der Waals surface area contributed by atoms with Gasteiger partial charge in [0.1, 0.15) is 5.75 Å². The lowest BCUT2D eigenvalue weighted by molar-refractivity contribution is -0.0199. The summed E-state index contributed by atoms with van der Waals surface area (Å²) in [6.07, 6.45) is 0.850.